The molecule has 130 valence electrons. The van der Waals surface area contributed by atoms with Gasteiger partial charge in [0.2, 0.25) is 5.95 Å². The lowest BCUT2D eigenvalue weighted by molar-refractivity contribution is 0.397. The molecule has 1 aliphatic heterocycles. The van der Waals surface area contributed by atoms with Gasteiger partial charge >= 0.3 is 0 Å². The van der Waals surface area contributed by atoms with Crippen molar-refractivity contribution in [2.24, 2.45) is 5.73 Å². The average Bonchev–Trinajstić information content (AvgIpc) is 3.06. The van der Waals surface area contributed by atoms with E-state index in [0.717, 1.165) is 16.6 Å². The van der Waals surface area contributed by atoms with Gasteiger partial charge in [-0.3, -0.25) is 4.57 Å². The monoisotopic (exact) mass is 347 g/mol. The zero-order valence-electron chi connectivity index (χ0n) is 14.4. The van der Waals surface area contributed by atoms with E-state index in [1.807, 2.05) is 30.3 Å². The first kappa shape index (κ1) is 15.8. The van der Waals surface area contributed by atoms with Crippen molar-refractivity contribution in [2.45, 2.75) is 6.04 Å². The summed E-state index contributed by atoms with van der Waals surface area (Å²) in [5.74, 6) is 2.23. The van der Waals surface area contributed by atoms with E-state index in [4.69, 9.17) is 15.2 Å². The first-order valence-electron chi connectivity index (χ1n) is 8.04. The summed E-state index contributed by atoms with van der Waals surface area (Å²) in [6.07, 6.45) is 0. The summed E-state index contributed by atoms with van der Waals surface area (Å²) in [5.41, 5.74) is 9.16. The van der Waals surface area contributed by atoms with Crippen LogP contribution in [0.4, 0.5) is 5.95 Å². The number of ether oxygens (including phenoxy) is 2. The predicted molar refractivity (Wildman–Crippen MR) is 98.7 cm³/mol. The molecule has 3 N–H and O–H groups in total. The molecule has 0 radical (unpaired) electrons. The summed E-state index contributed by atoms with van der Waals surface area (Å²) in [4.78, 5) is 4.60. The number of nitriles is 1. The van der Waals surface area contributed by atoms with Crippen LogP contribution in [0.2, 0.25) is 0 Å². The highest BCUT2D eigenvalue weighted by atomic mass is 16.5. The molecule has 1 atom stereocenters. The van der Waals surface area contributed by atoms with Gasteiger partial charge in [-0.05, 0) is 30.3 Å². The molecule has 0 saturated heterocycles. The van der Waals surface area contributed by atoms with Crippen LogP contribution in [0.1, 0.15) is 11.6 Å². The number of aromatic nitrogens is 2. The molecule has 2 heterocycles. The first-order chi connectivity index (χ1) is 12.7. The minimum atomic E-state index is -0.491. The molecule has 26 heavy (non-hydrogen) atoms. The zero-order chi connectivity index (χ0) is 18.3. The van der Waals surface area contributed by atoms with Crippen LogP contribution in [0.5, 0.6) is 11.5 Å². The van der Waals surface area contributed by atoms with Gasteiger partial charge in [0, 0.05) is 5.56 Å². The quantitative estimate of drug-likeness (QED) is 0.756. The van der Waals surface area contributed by atoms with E-state index in [0.29, 0.717) is 28.8 Å². The van der Waals surface area contributed by atoms with Gasteiger partial charge in [-0.15, -0.1) is 0 Å². The maximum Gasteiger partial charge on any atom is 0.210 e. The summed E-state index contributed by atoms with van der Waals surface area (Å²) >= 11 is 0. The van der Waals surface area contributed by atoms with Gasteiger partial charge in [0.15, 0.2) is 0 Å². The number of nitrogens with zero attached hydrogens (tertiary/aromatic N) is 3. The third-order valence-electron chi connectivity index (χ3n) is 4.51. The van der Waals surface area contributed by atoms with Crippen LogP contribution in [0.15, 0.2) is 48.0 Å². The van der Waals surface area contributed by atoms with E-state index in [2.05, 4.69) is 16.4 Å². The van der Waals surface area contributed by atoms with Crippen LogP contribution in [-0.4, -0.2) is 23.8 Å². The lowest BCUT2D eigenvalue weighted by atomic mass is 9.97. The van der Waals surface area contributed by atoms with E-state index in [1.165, 1.54) is 0 Å². The number of hydrogen-bond acceptors (Lipinski definition) is 6. The standard InChI is InChI=1S/C19H17N5O2/c1-25-11-7-8-16(26-2)12(9-11)17-13(10-20)18(21)24-15-6-4-3-5-14(15)22-19(24)23-17/h3-9,17H,21H2,1-2H3,(H,22,23)/t17-/m1/s1. The molecule has 4 rings (SSSR count). The van der Waals surface area contributed by atoms with Crippen molar-refractivity contribution in [2.75, 3.05) is 19.5 Å². The van der Waals surface area contributed by atoms with Crippen LogP contribution in [0.3, 0.4) is 0 Å². The number of para-hydroxylation sites is 2. The molecule has 0 unspecified atom stereocenters. The molecule has 1 aromatic heterocycles. The molecular formula is C19H17N5O2. The number of methoxy groups -OCH3 is 2. The molecule has 0 amide bonds. The molecule has 0 fully saturated rings. The zero-order valence-corrected chi connectivity index (χ0v) is 14.4. The molecule has 0 spiro atoms. The lowest BCUT2D eigenvalue weighted by Gasteiger charge is -2.27. The lowest BCUT2D eigenvalue weighted by Crippen LogP contribution is -2.26. The van der Waals surface area contributed by atoms with Gasteiger partial charge in [-0.1, -0.05) is 12.1 Å². The Kier molecular flexibility index (Phi) is 3.66. The third-order valence-corrected chi connectivity index (χ3v) is 4.51. The number of nitrogens with one attached hydrogen (secondary N) is 1. The number of imidazole rings is 1. The van der Waals surface area contributed by atoms with E-state index in [1.54, 1.807) is 30.9 Å². The fourth-order valence-corrected chi connectivity index (χ4v) is 3.26. The number of benzene rings is 2. The molecule has 3 aromatic rings. The van der Waals surface area contributed by atoms with Crippen LogP contribution >= 0.6 is 0 Å². The molecule has 7 heteroatoms. The van der Waals surface area contributed by atoms with E-state index >= 15 is 0 Å². The van der Waals surface area contributed by atoms with Gasteiger partial charge in [0.05, 0.1) is 36.9 Å². The normalized spacial score (nSPS) is 16.0. The predicted octanol–water partition coefficient (Wildman–Crippen LogP) is 2.87. The smallest absolute Gasteiger partial charge is 0.210 e. The minimum Gasteiger partial charge on any atom is -0.497 e. The van der Waals surface area contributed by atoms with Gasteiger partial charge < -0.3 is 20.5 Å². The number of rotatable bonds is 3. The van der Waals surface area contributed by atoms with Crippen LogP contribution in [0.25, 0.3) is 16.9 Å². The Labute approximate surface area is 150 Å². The average molecular weight is 347 g/mol. The largest absolute Gasteiger partial charge is 0.497 e. The Balaban J connectivity index is 1.93. The maximum atomic E-state index is 9.78. The SMILES string of the molecule is COc1ccc(OC)c([C@H]2Nc3nc4ccccc4n3C(N)=C2C#N)c1. The Morgan fingerprint density at radius 3 is 2.73 bits per heavy atom. The molecule has 2 aromatic carbocycles. The first-order valence-corrected chi connectivity index (χ1v) is 8.04. The van der Waals surface area contributed by atoms with Crippen LogP contribution in [0, 0.1) is 11.3 Å². The minimum absolute atomic E-state index is 0.352. The molecular weight excluding hydrogens is 330 g/mol. The second-order valence-corrected chi connectivity index (χ2v) is 5.86. The second kappa shape index (κ2) is 6.01. The van der Waals surface area contributed by atoms with Gasteiger partial charge in [-0.25, -0.2) is 4.98 Å². The molecule has 0 aliphatic carbocycles. The topological polar surface area (TPSA) is 98.1 Å². The Morgan fingerprint density at radius 1 is 1.19 bits per heavy atom. The molecule has 0 bridgehead atoms. The highest BCUT2D eigenvalue weighted by molar-refractivity contribution is 5.85. The van der Waals surface area contributed by atoms with Gasteiger partial charge in [0.25, 0.3) is 0 Å². The summed E-state index contributed by atoms with van der Waals surface area (Å²) in [7, 11) is 3.18. The van der Waals surface area contributed by atoms with Crippen molar-refractivity contribution in [3.63, 3.8) is 0 Å². The van der Waals surface area contributed by atoms with Crippen molar-refractivity contribution in [3.8, 4) is 17.6 Å². The fraction of sp³-hybridized carbons (Fsp3) is 0.158. The Hall–Kier alpha value is -3.66. The second-order valence-electron chi connectivity index (χ2n) is 5.86. The van der Waals surface area contributed by atoms with Crippen molar-refractivity contribution in [1.29, 1.82) is 5.26 Å². The van der Waals surface area contributed by atoms with Gasteiger partial charge in [-0.2, -0.15) is 5.26 Å². The summed E-state index contributed by atoms with van der Waals surface area (Å²) in [6, 6.07) is 14.8. The third kappa shape index (κ3) is 2.24. The van der Waals surface area contributed by atoms with Crippen LogP contribution < -0.4 is 20.5 Å². The van der Waals surface area contributed by atoms with Crippen molar-refractivity contribution in [1.82, 2.24) is 9.55 Å². The van der Waals surface area contributed by atoms with Crippen molar-refractivity contribution < 1.29 is 9.47 Å². The highest BCUT2D eigenvalue weighted by Crippen LogP contribution is 2.40. The van der Waals surface area contributed by atoms with Crippen molar-refractivity contribution in [3.05, 3.63) is 53.6 Å². The Morgan fingerprint density at radius 2 is 2.00 bits per heavy atom. The van der Waals surface area contributed by atoms with Crippen LogP contribution in [-0.2, 0) is 0 Å². The highest BCUT2D eigenvalue weighted by Gasteiger charge is 2.31. The molecule has 7 nitrogen and oxygen atoms in total. The van der Waals surface area contributed by atoms with E-state index in [-0.39, 0.29) is 0 Å². The fourth-order valence-electron chi connectivity index (χ4n) is 3.26. The Bertz CT molecular complexity index is 1080. The molecule has 0 saturated carbocycles. The van der Waals surface area contributed by atoms with Crippen molar-refractivity contribution >= 4 is 22.8 Å². The number of anilines is 1. The maximum absolute atomic E-state index is 9.78. The molecule has 1 aliphatic rings. The number of fused-ring (bicyclic) bond motifs is 3. The van der Waals surface area contributed by atoms with Gasteiger partial charge in [0.1, 0.15) is 23.4 Å². The summed E-state index contributed by atoms with van der Waals surface area (Å²) in [6.45, 7) is 0. The summed E-state index contributed by atoms with van der Waals surface area (Å²) < 4.78 is 12.6. The summed E-state index contributed by atoms with van der Waals surface area (Å²) in [5, 5.41) is 13.1. The number of hydrogen-bond donors (Lipinski definition) is 2. The number of nitrogens with two attached hydrogens (primary N) is 1. The van der Waals surface area contributed by atoms with E-state index in [9.17, 15) is 5.26 Å². The van der Waals surface area contributed by atoms with E-state index < -0.39 is 6.04 Å².